The van der Waals surface area contributed by atoms with Gasteiger partial charge < -0.3 is 9.31 Å². The van der Waals surface area contributed by atoms with Crippen molar-refractivity contribution in [3.05, 3.63) is 46.8 Å². The number of hydrogen-bond acceptors (Lipinski definition) is 3. The molecule has 7 heteroatoms. The van der Waals surface area contributed by atoms with E-state index in [4.69, 9.17) is 9.31 Å². The van der Waals surface area contributed by atoms with Gasteiger partial charge in [0.25, 0.3) is 0 Å². The molecule has 1 saturated heterocycles. The highest BCUT2D eigenvalue weighted by atomic mass is 32.1. The van der Waals surface area contributed by atoms with E-state index in [1.807, 2.05) is 19.1 Å². The lowest BCUT2D eigenvalue weighted by atomic mass is 9.50. The molecule has 0 bridgehead atoms. The Balaban J connectivity index is 2.02. The van der Waals surface area contributed by atoms with E-state index in [0.29, 0.717) is 18.7 Å². The fraction of sp³-hybridized carbons (Fsp3) is 0.286. The van der Waals surface area contributed by atoms with Crippen molar-refractivity contribution in [1.82, 2.24) is 0 Å². The predicted octanol–water partition coefficient (Wildman–Crippen LogP) is 2.68. The van der Waals surface area contributed by atoms with Gasteiger partial charge in [0.15, 0.2) is 0 Å². The minimum Gasteiger partial charge on any atom is -0.559 e. The first-order valence-corrected chi connectivity index (χ1v) is 7.40. The summed E-state index contributed by atoms with van der Waals surface area (Å²) in [5, 5.41) is 0. The SMILES string of the molecule is Cc1ccc([B-]2(c3ccc(C(F)(F)F)cc3)OCCO2)s1. The quantitative estimate of drug-likeness (QED) is 0.794. The zero-order valence-corrected chi connectivity index (χ0v) is 12.1. The molecule has 0 N–H and O–H groups in total. The van der Waals surface area contributed by atoms with Gasteiger partial charge in [-0.1, -0.05) is 41.2 Å². The van der Waals surface area contributed by atoms with Crippen LogP contribution in [0.4, 0.5) is 13.2 Å². The topological polar surface area (TPSA) is 18.5 Å². The van der Waals surface area contributed by atoms with Crippen LogP contribution < -0.4 is 10.2 Å². The van der Waals surface area contributed by atoms with Gasteiger partial charge in [-0.25, -0.2) is 0 Å². The molecule has 0 radical (unpaired) electrons. The van der Waals surface area contributed by atoms with E-state index in [1.54, 1.807) is 11.3 Å². The van der Waals surface area contributed by atoms with Crippen molar-refractivity contribution in [3.63, 3.8) is 0 Å². The monoisotopic (exact) mass is 313 g/mol. The first kappa shape index (κ1) is 14.6. The van der Waals surface area contributed by atoms with Gasteiger partial charge >= 0.3 is 12.7 Å². The molecule has 0 aliphatic carbocycles. The zero-order valence-electron chi connectivity index (χ0n) is 11.3. The lowest BCUT2D eigenvalue weighted by Crippen LogP contribution is -2.59. The molecule has 0 spiro atoms. The Kier molecular flexibility index (Phi) is 3.59. The molecular formula is C14H13BF3O2S-. The van der Waals surface area contributed by atoms with E-state index in [0.717, 1.165) is 21.8 Å². The molecule has 2 aromatic rings. The highest BCUT2D eigenvalue weighted by Gasteiger charge is 2.37. The van der Waals surface area contributed by atoms with E-state index < -0.39 is 18.3 Å². The smallest absolute Gasteiger partial charge is 0.416 e. The van der Waals surface area contributed by atoms with Crippen LogP contribution in [-0.4, -0.2) is 19.8 Å². The molecule has 1 aromatic heterocycles. The number of rotatable bonds is 2. The Morgan fingerprint density at radius 2 is 1.62 bits per heavy atom. The van der Waals surface area contributed by atoms with Crippen LogP contribution in [0.1, 0.15) is 10.4 Å². The Hall–Kier alpha value is -1.31. The van der Waals surface area contributed by atoms with Crippen LogP contribution in [0.2, 0.25) is 0 Å². The molecule has 1 aromatic carbocycles. The van der Waals surface area contributed by atoms with Gasteiger partial charge in [-0.2, -0.15) is 24.5 Å². The maximum atomic E-state index is 12.7. The lowest BCUT2D eigenvalue weighted by molar-refractivity contribution is -0.137. The van der Waals surface area contributed by atoms with Crippen molar-refractivity contribution >= 4 is 28.1 Å². The van der Waals surface area contributed by atoms with Gasteiger partial charge in [-0.05, 0) is 11.8 Å². The minimum atomic E-state index is -4.34. The second-order valence-corrected chi connectivity index (χ2v) is 6.34. The van der Waals surface area contributed by atoms with Crippen LogP contribution in [0.5, 0.6) is 0 Å². The van der Waals surface area contributed by atoms with Crippen LogP contribution in [-0.2, 0) is 15.5 Å². The molecule has 0 atom stereocenters. The van der Waals surface area contributed by atoms with Crippen molar-refractivity contribution < 1.29 is 22.5 Å². The molecule has 21 heavy (non-hydrogen) atoms. The largest absolute Gasteiger partial charge is 0.559 e. The van der Waals surface area contributed by atoms with Crippen LogP contribution in [0.25, 0.3) is 0 Å². The van der Waals surface area contributed by atoms with E-state index in [2.05, 4.69) is 0 Å². The number of benzene rings is 1. The molecule has 2 heterocycles. The van der Waals surface area contributed by atoms with Crippen molar-refractivity contribution in [2.24, 2.45) is 0 Å². The molecular weight excluding hydrogens is 300 g/mol. The van der Waals surface area contributed by atoms with Gasteiger partial charge in [0.05, 0.1) is 5.56 Å². The second kappa shape index (κ2) is 5.16. The summed E-state index contributed by atoms with van der Waals surface area (Å²) in [5.41, 5.74) is -0.0279. The second-order valence-electron chi connectivity index (χ2n) is 5.02. The first-order valence-electron chi connectivity index (χ1n) is 6.58. The Bertz CT molecular complexity index is 630. The fourth-order valence-electron chi connectivity index (χ4n) is 2.58. The minimum absolute atomic E-state index is 0.442. The number of thiophene rings is 1. The van der Waals surface area contributed by atoms with Gasteiger partial charge in [0, 0.05) is 13.2 Å². The first-order chi connectivity index (χ1) is 9.92. The van der Waals surface area contributed by atoms with Gasteiger partial charge in [-0.15, -0.1) is 5.46 Å². The molecule has 1 fully saturated rings. The third kappa shape index (κ3) is 2.61. The molecule has 1 aliphatic heterocycles. The maximum absolute atomic E-state index is 12.7. The third-order valence-electron chi connectivity index (χ3n) is 3.60. The molecule has 112 valence electrons. The highest BCUT2D eigenvalue weighted by molar-refractivity contribution is 7.27. The molecule has 0 amide bonds. The van der Waals surface area contributed by atoms with Crippen molar-refractivity contribution in [2.45, 2.75) is 13.1 Å². The van der Waals surface area contributed by atoms with Gasteiger partial charge in [-0.3, -0.25) is 0 Å². The standard InChI is InChI=1S/C14H13BF3O2S/c1-10-2-7-13(21-10)15(19-8-9-20-15)12-5-3-11(4-6-12)14(16,17)18/h2-7H,8-9H2,1H3/q-1. The third-order valence-corrected chi connectivity index (χ3v) is 4.74. The number of alkyl halides is 3. The number of hydrogen-bond donors (Lipinski definition) is 0. The lowest BCUT2D eigenvalue weighted by Gasteiger charge is -2.35. The van der Waals surface area contributed by atoms with Crippen molar-refractivity contribution in [2.75, 3.05) is 13.2 Å². The summed E-state index contributed by atoms with van der Waals surface area (Å²) in [4.78, 5) is 1.11. The van der Waals surface area contributed by atoms with Crippen LogP contribution >= 0.6 is 11.3 Å². The summed E-state index contributed by atoms with van der Waals surface area (Å²) in [6, 6.07) is 8.92. The molecule has 3 rings (SSSR count). The van der Waals surface area contributed by atoms with E-state index in [9.17, 15) is 13.2 Å². The summed E-state index contributed by atoms with van der Waals surface area (Å²) in [7, 11) is 0. The van der Waals surface area contributed by atoms with Crippen LogP contribution in [0.15, 0.2) is 36.4 Å². The number of halogens is 3. The van der Waals surface area contributed by atoms with E-state index in [1.165, 1.54) is 12.1 Å². The van der Waals surface area contributed by atoms with Crippen molar-refractivity contribution in [1.29, 1.82) is 0 Å². The predicted molar refractivity (Wildman–Crippen MR) is 77.4 cm³/mol. The van der Waals surface area contributed by atoms with Crippen LogP contribution in [0, 0.1) is 6.92 Å². The molecule has 1 aliphatic rings. The summed E-state index contributed by atoms with van der Waals surface area (Å²) >= 11 is 1.54. The van der Waals surface area contributed by atoms with Crippen LogP contribution in [0.3, 0.4) is 0 Å². The molecule has 0 unspecified atom stereocenters. The molecule has 2 nitrogen and oxygen atoms in total. The van der Waals surface area contributed by atoms with E-state index in [-0.39, 0.29) is 0 Å². The van der Waals surface area contributed by atoms with Gasteiger partial charge in [0.2, 0.25) is 0 Å². The molecule has 0 saturated carbocycles. The summed E-state index contributed by atoms with van der Waals surface area (Å²) in [5.74, 6) is 0. The summed E-state index contributed by atoms with van der Waals surface area (Å²) in [6.45, 7) is 1.01. The Morgan fingerprint density at radius 3 is 2.10 bits per heavy atom. The van der Waals surface area contributed by atoms with E-state index >= 15 is 0 Å². The summed E-state index contributed by atoms with van der Waals surface area (Å²) in [6.07, 6.45) is -4.34. The highest BCUT2D eigenvalue weighted by Crippen LogP contribution is 2.29. The maximum Gasteiger partial charge on any atom is 0.416 e. The van der Waals surface area contributed by atoms with Crippen molar-refractivity contribution in [3.8, 4) is 0 Å². The van der Waals surface area contributed by atoms with Gasteiger partial charge in [0.1, 0.15) is 0 Å². The average Bonchev–Trinajstić information content (AvgIpc) is 3.07. The fourth-order valence-corrected chi connectivity index (χ4v) is 3.65. The Morgan fingerprint density at radius 1 is 1.00 bits per heavy atom. The zero-order chi connectivity index (χ0) is 15.1. The normalized spacial score (nSPS) is 18.1. The number of aryl methyl sites for hydroxylation is 1. The average molecular weight is 313 g/mol. The Labute approximate surface area is 124 Å². The summed E-state index contributed by atoms with van der Waals surface area (Å²) < 4.78 is 50.5.